The van der Waals surface area contributed by atoms with Crippen molar-refractivity contribution in [2.75, 3.05) is 13.1 Å². The molecule has 16 heavy (non-hydrogen) atoms. The molecule has 1 heterocycles. The molecule has 0 saturated heterocycles. The number of rotatable bonds is 4. The highest BCUT2D eigenvalue weighted by Gasteiger charge is 2.09. The largest absolute Gasteiger partial charge is 0.337 e. The summed E-state index contributed by atoms with van der Waals surface area (Å²) in [6.07, 6.45) is 0. The first-order chi connectivity index (χ1) is 7.63. The summed E-state index contributed by atoms with van der Waals surface area (Å²) in [6.45, 7) is 7.35. The van der Waals surface area contributed by atoms with Crippen LogP contribution in [0.25, 0.3) is 0 Å². The van der Waals surface area contributed by atoms with Crippen molar-refractivity contribution in [2.24, 2.45) is 5.73 Å². The van der Waals surface area contributed by atoms with E-state index in [0.717, 1.165) is 3.79 Å². The van der Waals surface area contributed by atoms with E-state index in [4.69, 9.17) is 5.73 Å². The Balaban J connectivity index is 0.00000106. The third-order valence-electron chi connectivity index (χ3n) is 1.82. The first-order valence-corrected chi connectivity index (χ1v) is 6.94. The van der Waals surface area contributed by atoms with Crippen LogP contribution in [-0.2, 0) is 11.3 Å². The van der Waals surface area contributed by atoms with Crippen molar-refractivity contribution in [3.8, 4) is 0 Å². The number of thiophene rings is 1. The minimum atomic E-state index is 0.0694. The van der Waals surface area contributed by atoms with Crippen molar-refractivity contribution < 1.29 is 4.79 Å². The zero-order chi connectivity index (χ0) is 12.6. The van der Waals surface area contributed by atoms with Gasteiger partial charge in [0.05, 0.1) is 10.3 Å². The molecule has 0 radical (unpaired) electrons. The molecule has 1 amide bonds. The number of hydrogen-bond acceptors (Lipinski definition) is 3. The van der Waals surface area contributed by atoms with Crippen molar-refractivity contribution >= 4 is 33.2 Å². The third kappa shape index (κ3) is 5.63. The van der Waals surface area contributed by atoms with Crippen LogP contribution in [0.15, 0.2) is 15.9 Å². The summed E-state index contributed by atoms with van der Waals surface area (Å²) in [6, 6.07) is 4.00. The monoisotopic (exact) mass is 306 g/mol. The maximum atomic E-state index is 11.2. The van der Waals surface area contributed by atoms with E-state index >= 15 is 0 Å². The van der Waals surface area contributed by atoms with Crippen molar-refractivity contribution in [1.82, 2.24) is 4.90 Å². The molecular weight excluding hydrogens is 288 g/mol. The first kappa shape index (κ1) is 15.6. The van der Waals surface area contributed by atoms with Gasteiger partial charge in [-0.15, -0.1) is 11.3 Å². The first-order valence-electron chi connectivity index (χ1n) is 5.33. The molecule has 0 atom stereocenters. The van der Waals surface area contributed by atoms with E-state index in [1.54, 1.807) is 23.2 Å². The second-order valence-electron chi connectivity index (χ2n) is 2.94. The SMILES string of the molecule is CC.CC(=O)N(CCN)Cc1ccc(Br)s1. The van der Waals surface area contributed by atoms with E-state index in [1.165, 1.54) is 4.88 Å². The average Bonchev–Trinajstić information content (AvgIpc) is 2.66. The van der Waals surface area contributed by atoms with Crippen molar-refractivity contribution in [2.45, 2.75) is 27.3 Å². The summed E-state index contributed by atoms with van der Waals surface area (Å²) in [5.74, 6) is 0.0694. The Morgan fingerprint density at radius 1 is 1.50 bits per heavy atom. The smallest absolute Gasteiger partial charge is 0.219 e. The molecule has 92 valence electrons. The fourth-order valence-electron chi connectivity index (χ4n) is 1.13. The van der Waals surface area contributed by atoms with E-state index in [0.29, 0.717) is 19.6 Å². The van der Waals surface area contributed by atoms with Gasteiger partial charge in [0.25, 0.3) is 0 Å². The lowest BCUT2D eigenvalue weighted by molar-refractivity contribution is -0.129. The van der Waals surface area contributed by atoms with Crippen molar-refractivity contribution in [3.05, 3.63) is 20.8 Å². The van der Waals surface area contributed by atoms with Gasteiger partial charge in [-0.3, -0.25) is 4.79 Å². The van der Waals surface area contributed by atoms with Gasteiger partial charge >= 0.3 is 0 Å². The van der Waals surface area contributed by atoms with Gasteiger partial charge in [0.1, 0.15) is 0 Å². The summed E-state index contributed by atoms with van der Waals surface area (Å²) in [4.78, 5) is 14.1. The highest BCUT2D eigenvalue weighted by molar-refractivity contribution is 9.11. The Hall–Kier alpha value is -0.390. The zero-order valence-corrected chi connectivity index (χ0v) is 12.4. The Labute approximate surface area is 110 Å². The van der Waals surface area contributed by atoms with Gasteiger partial charge in [-0.2, -0.15) is 0 Å². The van der Waals surface area contributed by atoms with Crippen LogP contribution in [-0.4, -0.2) is 23.9 Å². The molecule has 0 aliphatic carbocycles. The van der Waals surface area contributed by atoms with Gasteiger partial charge in [0, 0.05) is 24.9 Å². The number of carbonyl (C=O) groups excluding carboxylic acids is 1. The molecule has 0 saturated carbocycles. The van der Waals surface area contributed by atoms with E-state index in [-0.39, 0.29) is 5.91 Å². The third-order valence-corrected chi connectivity index (χ3v) is 3.43. The van der Waals surface area contributed by atoms with Crippen LogP contribution in [0, 0.1) is 0 Å². The van der Waals surface area contributed by atoms with Crippen LogP contribution in [0.2, 0.25) is 0 Å². The maximum absolute atomic E-state index is 11.2. The van der Waals surface area contributed by atoms with Crippen LogP contribution in [0.4, 0.5) is 0 Å². The highest BCUT2D eigenvalue weighted by Crippen LogP contribution is 2.23. The van der Waals surface area contributed by atoms with E-state index in [2.05, 4.69) is 15.9 Å². The molecule has 0 aliphatic rings. The average molecular weight is 307 g/mol. The van der Waals surface area contributed by atoms with Crippen molar-refractivity contribution in [3.63, 3.8) is 0 Å². The number of halogens is 1. The van der Waals surface area contributed by atoms with Gasteiger partial charge in [-0.1, -0.05) is 13.8 Å². The molecule has 5 heteroatoms. The number of nitrogens with two attached hydrogens (primary N) is 1. The molecule has 0 aromatic carbocycles. The lowest BCUT2D eigenvalue weighted by Gasteiger charge is -2.18. The molecule has 3 nitrogen and oxygen atoms in total. The topological polar surface area (TPSA) is 46.3 Å². The van der Waals surface area contributed by atoms with Crippen LogP contribution in [0.3, 0.4) is 0 Å². The summed E-state index contributed by atoms with van der Waals surface area (Å²) in [5, 5.41) is 0. The zero-order valence-electron chi connectivity index (χ0n) is 10.00. The Kier molecular flexibility index (Phi) is 8.51. The van der Waals surface area contributed by atoms with Gasteiger partial charge in [-0.25, -0.2) is 0 Å². The summed E-state index contributed by atoms with van der Waals surface area (Å²) < 4.78 is 1.09. The second kappa shape index (κ2) is 8.73. The highest BCUT2D eigenvalue weighted by atomic mass is 79.9. The van der Waals surface area contributed by atoms with E-state index in [1.807, 2.05) is 26.0 Å². The van der Waals surface area contributed by atoms with Gasteiger partial charge in [0.2, 0.25) is 5.91 Å². The molecular formula is C11H19BrN2OS. The molecule has 0 bridgehead atoms. The Morgan fingerprint density at radius 2 is 2.12 bits per heavy atom. The number of amides is 1. The fourth-order valence-corrected chi connectivity index (χ4v) is 2.63. The predicted octanol–water partition coefficient (Wildman–Crippen LogP) is 2.84. The number of hydrogen-bond donors (Lipinski definition) is 1. The lowest BCUT2D eigenvalue weighted by Crippen LogP contribution is -2.32. The van der Waals surface area contributed by atoms with Gasteiger partial charge < -0.3 is 10.6 Å². The second-order valence-corrected chi connectivity index (χ2v) is 5.48. The summed E-state index contributed by atoms with van der Waals surface area (Å²) in [5.41, 5.74) is 5.43. The maximum Gasteiger partial charge on any atom is 0.219 e. The standard InChI is InChI=1S/C9H13BrN2OS.C2H6/c1-7(13)12(5-4-11)6-8-2-3-9(10)14-8;1-2/h2-3H,4-6,11H2,1H3;1-2H3. The molecule has 0 spiro atoms. The molecule has 0 fully saturated rings. The fraction of sp³-hybridized carbons (Fsp3) is 0.545. The predicted molar refractivity (Wildman–Crippen MR) is 73.5 cm³/mol. The lowest BCUT2D eigenvalue weighted by atomic mass is 10.4. The summed E-state index contributed by atoms with van der Waals surface area (Å²) in [7, 11) is 0. The molecule has 1 aromatic rings. The normalized spacial score (nSPS) is 9.31. The number of carbonyl (C=O) groups is 1. The Morgan fingerprint density at radius 3 is 2.50 bits per heavy atom. The molecule has 2 N–H and O–H groups in total. The Bertz CT molecular complexity index is 315. The number of nitrogens with zero attached hydrogens (tertiary/aromatic N) is 1. The minimum absolute atomic E-state index is 0.0694. The molecule has 1 aromatic heterocycles. The van der Waals surface area contributed by atoms with Crippen LogP contribution < -0.4 is 5.73 Å². The molecule has 0 aliphatic heterocycles. The molecule has 0 unspecified atom stereocenters. The summed E-state index contributed by atoms with van der Waals surface area (Å²) >= 11 is 5.03. The van der Waals surface area contributed by atoms with Crippen LogP contribution in [0.1, 0.15) is 25.6 Å². The molecule has 1 rings (SSSR count). The van der Waals surface area contributed by atoms with Crippen LogP contribution in [0.5, 0.6) is 0 Å². The van der Waals surface area contributed by atoms with Gasteiger partial charge in [0.15, 0.2) is 0 Å². The van der Waals surface area contributed by atoms with Crippen molar-refractivity contribution in [1.29, 1.82) is 0 Å². The quantitative estimate of drug-likeness (QED) is 0.930. The van der Waals surface area contributed by atoms with E-state index in [9.17, 15) is 4.79 Å². The van der Waals surface area contributed by atoms with E-state index < -0.39 is 0 Å². The van der Waals surface area contributed by atoms with Gasteiger partial charge in [-0.05, 0) is 28.1 Å². The van der Waals surface area contributed by atoms with Crippen LogP contribution >= 0.6 is 27.3 Å². The minimum Gasteiger partial charge on any atom is -0.337 e.